The first kappa shape index (κ1) is 15.1. The van der Waals surface area contributed by atoms with Crippen molar-refractivity contribution in [2.24, 2.45) is 0 Å². The highest BCUT2D eigenvalue weighted by Gasteiger charge is 2.34. The van der Waals surface area contributed by atoms with E-state index >= 15 is 0 Å². The first-order valence-electron chi connectivity index (χ1n) is 8.97. The average molecular weight is 321 g/mol. The summed E-state index contributed by atoms with van der Waals surface area (Å²) in [5.74, 6) is 0. The lowest BCUT2D eigenvalue weighted by Gasteiger charge is -2.49. The van der Waals surface area contributed by atoms with Gasteiger partial charge in [-0.3, -0.25) is 14.7 Å². The van der Waals surface area contributed by atoms with E-state index in [0.29, 0.717) is 0 Å². The molecule has 1 saturated carbocycles. The number of rotatable bonds is 4. The fourth-order valence-corrected chi connectivity index (χ4v) is 4.91. The molecule has 1 aliphatic carbocycles. The molecule has 3 aliphatic rings. The van der Waals surface area contributed by atoms with Crippen LogP contribution in [0.1, 0.15) is 37.7 Å². The van der Waals surface area contributed by atoms with Crippen LogP contribution in [0.3, 0.4) is 0 Å². The van der Waals surface area contributed by atoms with E-state index in [4.69, 9.17) is 0 Å². The van der Waals surface area contributed by atoms with Gasteiger partial charge in [0.25, 0.3) is 0 Å². The Morgan fingerprint density at radius 2 is 1.64 bits per heavy atom. The molecule has 2 saturated heterocycles. The molecule has 22 heavy (non-hydrogen) atoms. The molecule has 0 N–H and O–H groups in total. The molecule has 0 aromatic carbocycles. The number of hydrogen-bond acceptors (Lipinski definition) is 5. The summed E-state index contributed by atoms with van der Waals surface area (Å²) in [5.41, 5.74) is 1.38. The molecule has 3 fully saturated rings. The second-order valence-corrected chi connectivity index (χ2v) is 7.90. The molecule has 0 atom stereocenters. The van der Waals surface area contributed by atoms with E-state index in [-0.39, 0.29) is 0 Å². The van der Waals surface area contributed by atoms with Gasteiger partial charge in [-0.25, -0.2) is 4.37 Å². The quantitative estimate of drug-likeness (QED) is 0.849. The maximum absolute atomic E-state index is 4.19. The Morgan fingerprint density at radius 3 is 2.27 bits per heavy atom. The van der Waals surface area contributed by atoms with Crippen LogP contribution < -0.4 is 0 Å². The molecule has 4 rings (SSSR count). The van der Waals surface area contributed by atoms with Crippen molar-refractivity contribution in [2.45, 2.75) is 50.7 Å². The largest absolute Gasteiger partial charge is 0.298 e. The van der Waals surface area contributed by atoms with Crippen LogP contribution in [0.5, 0.6) is 0 Å². The summed E-state index contributed by atoms with van der Waals surface area (Å²) >= 11 is 1.57. The fourth-order valence-electron chi connectivity index (χ4n) is 4.38. The van der Waals surface area contributed by atoms with Gasteiger partial charge >= 0.3 is 0 Å². The molecule has 0 unspecified atom stereocenters. The number of piperazine rings is 1. The Morgan fingerprint density at radius 1 is 0.955 bits per heavy atom. The summed E-state index contributed by atoms with van der Waals surface area (Å²) in [5, 5.41) is 2.18. The van der Waals surface area contributed by atoms with Gasteiger partial charge in [-0.2, -0.15) is 0 Å². The fraction of sp³-hybridized carbons (Fsp3) is 0.824. The highest BCUT2D eigenvalue weighted by molar-refractivity contribution is 7.03. The summed E-state index contributed by atoms with van der Waals surface area (Å²) < 4.78 is 4.19. The van der Waals surface area contributed by atoms with Crippen LogP contribution in [0.4, 0.5) is 0 Å². The van der Waals surface area contributed by atoms with E-state index < -0.39 is 0 Å². The molecule has 4 nitrogen and oxygen atoms in total. The van der Waals surface area contributed by atoms with Gasteiger partial charge in [-0.1, -0.05) is 19.3 Å². The van der Waals surface area contributed by atoms with Crippen molar-refractivity contribution in [1.82, 2.24) is 19.1 Å². The molecule has 2 aliphatic heterocycles. The van der Waals surface area contributed by atoms with Crippen LogP contribution in [0.2, 0.25) is 0 Å². The van der Waals surface area contributed by atoms with Crippen LogP contribution in [0.15, 0.2) is 11.6 Å². The first-order valence-corrected chi connectivity index (χ1v) is 9.81. The van der Waals surface area contributed by atoms with Crippen molar-refractivity contribution < 1.29 is 0 Å². The zero-order valence-corrected chi connectivity index (χ0v) is 14.3. The standard InChI is InChI=1S/C17H28N4S/c1-2-4-16(5-3-1)20-6-8-21(9-7-20)17-12-19(13-17)11-15-10-18-22-14-15/h10,14,16-17H,1-9,11-13H2. The summed E-state index contributed by atoms with van der Waals surface area (Å²) in [6.45, 7) is 8.77. The zero-order chi connectivity index (χ0) is 14.8. The minimum Gasteiger partial charge on any atom is -0.298 e. The second kappa shape index (κ2) is 6.95. The predicted octanol–water partition coefficient (Wildman–Crippen LogP) is 2.28. The highest BCUT2D eigenvalue weighted by atomic mass is 32.1. The van der Waals surface area contributed by atoms with E-state index in [9.17, 15) is 0 Å². The molecule has 0 radical (unpaired) electrons. The lowest BCUT2D eigenvalue weighted by atomic mass is 9.93. The van der Waals surface area contributed by atoms with E-state index in [1.54, 1.807) is 11.5 Å². The number of aromatic nitrogens is 1. The SMILES string of the molecule is c1nscc1CN1CC(N2CCN(C3CCCCC3)CC2)C1. The molecule has 122 valence electrons. The van der Waals surface area contributed by atoms with Gasteiger partial charge in [0.05, 0.1) is 0 Å². The van der Waals surface area contributed by atoms with Crippen LogP contribution in [-0.2, 0) is 6.54 Å². The number of nitrogens with zero attached hydrogens (tertiary/aromatic N) is 4. The van der Waals surface area contributed by atoms with Gasteiger partial charge in [0.2, 0.25) is 0 Å². The Balaban J connectivity index is 1.19. The summed E-state index contributed by atoms with van der Waals surface area (Å²) in [6.07, 6.45) is 9.30. The van der Waals surface area contributed by atoms with Crippen molar-refractivity contribution >= 4 is 11.5 Å². The topological polar surface area (TPSA) is 22.6 Å². The summed E-state index contributed by atoms with van der Waals surface area (Å²) in [6, 6.07) is 1.71. The van der Waals surface area contributed by atoms with E-state index in [2.05, 4.69) is 24.5 Å². The van der Waals surface area contributed by atoms with Crippen molar-refractivity contribution in [3.63, 3.8) is 0 Å². The Hall–Kier alpha value is -0.490. The third-order valence-corrected chi connectivity index (χ3v) is 6.42. The van der Waals surface area contributed by atoms with Crippen LogP contribution >= 0.6 is 11.5 Å². The highest BCUT2D eigenvalue weighted by Crippen LogP contribution is 2.25. The molecule has 0 spiro atoms. The van der Waals surface area contributed by atoms with Crippen LogP contribution in [0, 0.1) is 0 Å². The second-order valence-electron chi connectivity index (χ2n) is 7.24. The van der Waals surface area contributed by atoms with Crippen molar-refractivity contribution in [3.05, 3.63) is 17.1 Å². The smallest absolute Gasteiger partial charge is 0.0452 e. The zero-order valence-electron chi connectivity index (χ0n) is 13.5. The van der Waals surface area contributed by atoms with Crippen LogP contribution in [0.25, 0.3) is 0 Å². The van der Waals surface area contributed by atoms with E-state index in [1.807, 2.05) is 6.20 Å². The maximum Gasteiger partial charge on any atom is 0.0452 e. The average Bonchev–Trinajstić information content (AvgIpc) is 3.05. The number of hydrogen-bond donors (Lipinski definition) is 0. The molecule has 3 heterocycles. The normalized spacial score (nSPS) is 27.1. The third-order valence-electron chi connectivity index (χ3n) is 5.78. The third kappa shape index (κ3) is 3.37. The number of likely N-dealkylation sites (tertiary alicyclic amines) is 1. The molecular formula is C17H28N4S. The molecule has 5 heteroatoms. The maximum atomic E-state index is 4.19. The molecule has 1 aromatic rings. The van der Waals surface area contributed by atoms with E-state index in [0.717, 1.165) is 18.6 Å². The molecule has 1 aromatic heterocycles. The molecule has 0 amide bonds. The minimum atomic E-state index is 0.806. The van der Waals surface area contributed by atoms with Gasteiger partial charge in [0, 0.05) is 69.5 Å². The van der Waals surface area contributed by atoms with Crippen molar-refractivity contribution in [2.75, 3.05) is 39.3 Å². The Kier molecular flexibility index (Phi) is 4.76. The Labute approximate surface area is 138 Å². The summed E-state index contributed by atoms with van der Waals surface area (Å²) in [7, 11) is 0. The van der Waals surface area contributed by atoms with Crippen molar-refractivity contribution in [3.8, 4) is 0 Å². The van der Waals surface area contributed by atoms with Gasteiger partial charge in [-0.15, -0.1) is 0 Å². The minimum absolute atomic E-state index is 0.806. The predicted molar refractivity (Wildman–Crippen MR) is 91.2 cm³/mol. The Bertz CT molecular complexity index is 443. The van der Waals surface area contributed by atoms with E-state index in [1.165, 1.54) is 76.9 Å². The summed E-state index contributed by atoms with van der Waals surface area (Å²) in [4.78, 5) is 8.08. The lowest BCUT2D eigenvalue weighted by molar-refractivity contribution is -0.0104. The van der Waals surface area contributed by atoms with Crippen molar-refractivity contribution in [1.29, 1.82) is 0 Å². The van der Waals surface area contributed by atoms with Crippen LogP contribution in [-0.4, -0.2) is 70.4 Å². The van der Waals surface area contributed by atoms with Gasteiger partial charge in [0.1, 0.15) is 0 Å². The van der Waals surface area contributed by atoms with Gasteiger partial charge in [-0.05, 0) is 29.9 Å². The molecular weight excluding hydrogens is 292 g/mol. The first-order chi connectivity index (χ1) is 10.9. The molecule has 0 bridgehead atoms. The monoisotopic (exact) mass is 320 g/mol. The van der Waals surface area contributed by atoms with Gasteiger partial charge < -0.3 is 0 Å². The van der Waals surface area contributed by atoms with Gasteiger partial charge in [0.15, 0.2) is 0 Å². The lowest BCUT2D eigenvalue weighted by Crippen LogP contribution is -2.63.